The molecule has 1 aliphatic carbocycles. The average Bonchev–Trinajstić information content (AvgIpc) is 3.91. The molecule has 17 heteroatoms. The second-order valence-electron chi connectivity index (χ2n) is 19.7. The van der Waals surface area contributed by atoms with Gasteiger partial charge in [0.15, 0.2) is 0 Å². The van der Waals surface area contributed by atoms with Crippen LogP contribution in [0.5, 0.6) is 5.88 Å². The third-order valence-corrected chi connectivity index (χ3v) is 16.7. The number of imide groups is 1. The van der Waals surface area contributed by atoms with Gasteiger partial charge in [0.1, 0.15) is 23.4 Å². The van der Waals surface area contributed by atoms with Gasteiger partial charge in [-0.3, -0.25) is 34.3 Å². The maximum atomic E-state index is 14.1. The second kappa shape index (κ2) is 18.7. The van der Waals surface area contributed by atoms with Crippen molar-refractivity contribution >= 4 is 63.7 Å². The number of nitrogens with one attached hydrogen (secondary N) is 2. The number of aliphatic hydroxyl groups is 1. The number of carbonyl (C=O) groups is 4. The Morgan fingerprint density at radius 2 is 1.69 bits per heavy atom. The maximum Gasteiger partial charge on any atom is 0.269 e. The number of methoxy groups -OCH3 is 1. The van der Waals surface area contributed by atoms with E-state index in [1.807, 2.05) is 30.5 Å². The second-order valence-corrected chi connectivity index (χ2v) is 20.8. The molecule has 6 aliphatic rings. The Kier molecular flexibility index (Phi) is 11.4. The summed E-state index contributed by atoms with van der Waals surface area (Å²) in [5.74, 6) is -0.282. The van der Waals surface area contributed by atoms with Crippen molar-refractivity contribution in [2.45, 2.75) is 115 Å². The molecule has 11 rings (SSSR count). The fourth-order valence-corrected chi connectivity index (χ4v) is 13.3. The van der Waals surface area contributed by atoms with Crippen LogP contribution in [0.25, 0.3) is 11.1 Å². The number of carbonyl (C=O) groups excluding carboxylic acids is 4. The minimum atomic E-state index is -2.78. The minimum Gasteiger partial charge on any atom is -0.480 e. The van der Waals surface area contributed by atoms with Crippen LogP contribution in [0, 0.1) is 0 Å². The quantitative estimate of drug-likeness (QED) is 0.125. The van der Waals surface area contributed by atoms with Gasteiger partial charge in [-0.2, -0.15) is 0 Å². The summed E-state index contributed by atoms with van der Waals surface area (Å²) < 4.78 is 29.0. The van der Waals surface area contributed by atoms with E-state index in [0.29, 0.717) is 59.4 Å². The lowest BCUT2D eigenvalue weighted by molar-refractivity contribution is -0.136. The molecular formula is C53H60N10O6S. The van der Waals surface area contributed by atoms with Crippen LogP contribution in [0.1, 0.15) is 117 Å². The van der Waals surface area contributed by atoms with Crippen molar-refractivity contribution < 1.29 is 33.1 Å². The van der Waals surface area contributed by atoms with Gasteiger partial charge in [0.25, 0.3) is 11.8 Å². The Morgan fingerprint density at radius 3 is 2.47 bits per heavy atom. The van der Waals surface area contributed by atoms with Crippen LogP contribution in [-0.2, 0) is 35.4 Å². The first-order valence-electron chi connectivity index (χ1n) is 26.2. The molecule has 16 nitrogen and oxygen atoms in total. The van der Waals surface area contributed by atoms with Crippen LogP contribution in [0.15, 0.2) is 61.1 Å². The summed E-state index contributed by atoms with van der Waals surface area (Å²) in [6.45, 7) is 10.4. The zero-order valence-corrected chi connectivity index (χ0v) is 40.6. The van der Waals surface area contributed by atoms with Crippen LogP contribution in [-0.4, -0.2) is 117 Å². The lowest BCUT2D eigenvalue weighted by Crippen LogP contribution is -2.58. The average molecular weight is 968 g/mol. The van der Waals surface area contributed by atoms with Crippen molar-refractivity contribution in [3.63, 3.8) is 0 Å². The van der Waals surface area contributed by atoms with Crippen LogP contribution in [0.2, 0.25) is 0 Å². The lowest BCUT2D eigenvalue weighted by atomic mass is 9.91. The fraction of sp³-hybridized carbons (Fsp3) is 0.453. The number of anilines is 5. The summed E-state index contributed by atoms with van der Waals surface area (Å²) in [6.07, 6.45) is 11.5. The number of amides is 4. The van der Waals surface area contributed by atoms with Gasteiger partial charge in [-0.25, -0.2) is 15.0 Å². The molecule has 70 heavy (non-hydrogen) atoms. The number of hydrogen-bond donors (Lipinski definition) is 3. The van der Waals surface area contributed by atoms with Crippen LogP contribution >= 0.6 is 11.3 Å². The molecule has 3 N–H and O–H groups in total. The molecule has 0 radical (unpaired) electrons. The highest BCUT2D eigenvalue weighted by Gasteiger charge is 2.41. The topological polar surface area (TPSA) is 177 Å². The third kappa shape index (κ3) is 8.34. The van der Waals surface area contributed by atoms with Gasteiger partial charge in [-0.1, -0.05) is 0 Å². The van der Waals surface area contributed by atoms with Crippen molar-refractivity contribution in [2.75, 3.05) is 59.8 Å². The fourth-order valence-electron chi connectivity index (χ4n) is 11.9. The van der Waals surface area contributed by atoms with Crippen molar-refractivity contribution in [2.24, 2.45) is 0 Å². The first-order valence-corrected chi connectivity index (χ1v) is 25.5. The van der Waals surface area contributed by atoms with E-state index in [1.165, 1.54) is 16.6 Å². The van der Waals surface area contributed by atoms with Crippen LogP contribution < -0.4 is 30.1 Å². The molecular weight excluding hydrogens is 905 g/mol. The number of aliphatic hydroxyl groups excluding tert-OH is 1. The molecule has 4 aromatic heterocycles. The predicted molar refractivity (Wildman–Crippen MR) is 269 cm³/mol. The van der Waals surface area contributed by atoms with E-state index in [4.69, 9.17) is 13.8 Å². The summed E-state index contributed by atoms with van der Waals surface area (Å²) in [5.41, 5.74) is 7.95. The van der Waals surface area contributed by atoms with E-state index in [1.54, 1.807) is 46.4 Å². The smallest absolute Gasteiger partial charge is 0.269 e. The number of piperazine rings is 1. The molecule has 5 aliphatic heterocycles. The zero-order valence-electron chi connectivity index (χ0n) is 42.7. The van der Waals surface area contributed by atoms with E-state index >= 15 is 0 Å². The third-order valence-electron chi connectivity index (χ3n) is 15.4. The van der Waals surface area contributed by atoms with Gasteiger partial charge in [0.2, 0.25) is 17.7 Å². The SMILES string of the molecule is [2H]C([2H])([2H])Oc1ncc(-c2ccnc(N3CCc4c(sc5c4CCCC5)C3=O)c2[C@H](C)O)cc1Nc1ccc(N2CCN(C3CCN(c4ccc5c(c4)CN([C@H]4CCC(=O)NC4=O)C5=O)[C@@H](C)C3)C[C@@H]2C)cn1. The Balaban J connectivity index is 0.750. The van der Waals surface area contributed by atoms with Crippen LogP contribution in [0.4, 0.5) is 28.7 Å². The molecule has 0 spiro atoms. The molecule has 0 saturated carbocycles. The van der Waals surface area contributed by atoms with Crippen molar-refractivity contribution in [1.29, 1.82) is 0 Å². The van der Waals surface area contributed by atoms with Crippen molar-refractivity contribution in [1.82, 2.24) is 30.1 Å². The molecule has 3 fully saturated rings. The van der Waals surface area contributed by atoms with Gasteiger partial charge < -0.3 is 29.9 Å². The Morgan fingerprint density at radius 1 is 0.843 bits per heavy atom. The maximum absolute atomic E-state index is 14.1. The molecule has 3 saturated heterocycles. The number of hydrogen-bond acceptors (Lipinski definition) is 14. The molecule has 364 valence electrons. The van der Waals surface area contributed by atoms with Gasteiger partial charge in [-0.15, -0.1) is 11.3 Å². The Bertz CT molecular complexity index is 3000. The summed E-state index contributed by atoms with van der Waals surface area (Å²) >= 11 is 1.60. The Labute approximate surface area is 416 Å². The number of benzene rings is 1. The number of aromatic nitrogens is 3. The van der Waals surface area contributed by atoms with Gasteiger partial charge in [-0.05, 0) is 137 Å². The number of thiophene rings is 1. The first-order chi connectivity index (χ1) is 35.1. The minimum absolute atomic E-state index is 0.107. The number of fused-ring (bicyclic) bond motifs is 4. The summed E-state index contributed by atoms with van der Waals surface area (Å²) in [7, 11) is -2.78. The first kappa shape index (κ1) is 42.4. The highest BCUT2D eigenvalue weighted by molar-refractivity contribution is 7.14. The number of rotatable bonds is 10. The molecule has 1 aromatic carbocycles. The largest absolute Gasteiger partial charge is 0.480 e. The molecule has 1 unspecified atom stereocenters. The highest BCUT2D eigenvalue weighted by Crippen LogP contribution is 2.42. The summed E-state index contributed by atoms with van der Waals surface area (Å²) in [6, 6.07) is 13.6. The highest BCUT2D eigenvalue weighted by atomic mass is 32.1. The molecule has 4 amide bonds. The molecule has 9 heterocycles. The van der Waals surface area contributed by atoms with Gasteiger partial charge in [0.05, 0.1) is 34.0 Å². The van der Waals surface area contributed by atoms with Gasteiger partial charge >= 0.3 is 0 Å². The number of pyridine rings is 3. The molecule has 5 atom stereocenters. The summed E-state index contributed by atoms with van der Waals surface area (Å²) in [5, 5.41) is 17.0. The van der Waals surface area contributed by atoms with E-state index in [-0.39, 0.29) is 47.8 Å². The molecule has 0 bridgehead atoms. The summed E-state index contributed by atoms with van der Waals surface area (Å²) in [4.78, 5) is 78.4. The number of nitrogens with zero attached hydrogens (tertiary/aromatic N) is 8. The predicted octanol–water partition coefficient (Wildman–Crippen LogP) is 6.82. The van der Waals surface area contributed by atoms with Gasteiger partial charge in [0, 0.05) is 103 Å². The lowest BCUT2D eigenvalue weighted by Gasteiger charge is -2.48. The number of piperidine rings is 2. The van der Waals surface area contributed by atoms with E-state index in [9.17, 15) is 24.3 Å². The standard InChI is InChI=1S/C53H60N10O6S/c1-30-23-35(16-19-60(30)36-9-11-39-34(24-36)29-63(52(39)67)43-12-14-46(65)58-50(43)66)59-21-22-61(31(2)28-59)37-10-13-45(55-27-37)57-42-25-33(26-56-51(42)69-4)38-15-18-54-49(47(38)32(3)64)62-20-17-41-40-7-5-6-8-44(40)70-48(41)53(62)68/h9-11,13,15,18,24-27,30-32,35,43,64H,5-8,12,14,16-17,19-23,28-29H2,1-4H3,(H,55,57)(H,58,65,66)/t30-,31-,32-,35?,43-/m0/s1/i4D3. The Hall–Kier alpha value is -6.43. The van der Waals surface area contributed by atoms with E-state index in [0.717, 1.165) is 98.5 Å². The van der Waals surface area contributed by atoms with E-state index < -0.39 is 25.1 Å². The number of aryl methyl sites for hydroxylation is 1. The van der Waals surface area contributed by atoms with E-state index in [2.05, 4.69) is 55.2 Å². The molecule has 5 aromatic rings. The monoisotopic (exact) mass is 967 g/mol. The van der Waals surface area contributed by atoms with Crippen LogP contribution in [0.3, 0.4) is 0 Å². The number of ether oxygens (including phenoxy) is 1. The van der Waals surface area contributed by atoms with Crippen molar-refractivity contribution in [3.05, 3.63) is 98.6 Å². The normalized spacial score (nSPS) is 24.0. The van der Waals surface area contributed by atoms with Crippen molar-refractivity contribution in [3.8, 4) is 17.0 Å². The zero-order chi connectivity index (χ0) is 50.9.